The second-order valence-electron chi connectivity index (χ2n) is 6.82. The van der Waals surface area contributed by atoms with Gasteiger partial charge in [0.25, 0.3) is 5.91 Å². The predicted octanol–water partition coefficient (Wildman–Crippen LogP) is 1.88. The summed E-state index contributed by atoms with van der Waals surface area (Å²) in [5.41, 5.74) is 7.47. The summed E-state index contributed by atoms with van der Waals surface area (Å²) in [6.45, 7) is 5.86. The molecule has 0 saturated carbocycles. The maximum Gasteiger partial charge on any atom is 0.286 e. The molecule has 0 spiro atoms. The molecule has 1 saturated heterocycles. The fourth-order valence-electron chi connectivity index (χ4n) is 3.29. The van der Waals surface area contributed by atoms with Crippen molar-refractivity contribution in [2.24, 2.45) is 5.73 Å². The summed E-state index contributed by atoms with van der Waals surface area (Å²) >= 11 is 0. The lowest BCUT2D eigenvalue weighted by atomic mass is 10.1. The molecule has 1 aromatic heterocycles. The summed E-state index contributed by atoms with van der Waals surface area (Å²) in [5.74, 6) is -0.978. The number of nitrogens with one attached hydrogen (secondary N) is 1. The Bertz CT molecular complexity index is 858. The molecule has 0 unspecified atom stereocenters. The van der Waals surface area contributed by atoms with Crippen molar-refractivity contribution in [2.75, 3.05) is 24.5 Å². The zero-order valence-corrected chi connectivity index (χ0v) is 15.4. The van der Waals surface area contributed by atoms with Gasteiger partial charge in [0.05, 0.1) is 0 Å². The molecule has 144 valence electrons. The van der Waals surface area contributed by atoms with Gasteiger partial charge in [-0.3, -0.25) is 4.79 Å². The number of hydrogen-bond acceptors (Lipinski definition) is 5. The molecule has 0 bridgehead atoms. The molecule has 1 aromatic carbocycles. The molecule has 0 radical (unpaired) electrons. The normalized spacial score (nSPS) is 16.7. The van der Waals surface area contributed by atoms with E-state index < -0.39 is 17.5 Å². The molecular formula is C19H23F2N5O. The largest absolute Gasteiger partial charge is 0.363 e. The number of aromatic nitrogens is 2. The van der Waals surface area contributed by atoms with Crippen molar-refractivity contribution in [1.29, 1.82) is 0 Å². The van der Waals surface area contributed by atoms with E-state index >= 15 is 0 Å². The van der Waals surface area contributed by atoms with Crippen LogP contribution in [-0.4, -0.2) is 41.6 Å². The van der Waals surface area contributed by atoms with E-state index in [0.717, 1.165) is 42.7 Å². The number of carbonyl (C=O) groups excluding carboxylic acids is 1. The van der Waals surface area contributed by atoms with Gasteiger partial charge >= 0.3 is 0 Å². The number of primary amides is 1. The molecule has 6 nitrogen and oxygen atoms in total. The molecule has 3 N–H and O–H groups in total. The summed E-state index contributed by atoms with van der Waals surface area (Å²) < 4.78 is 26.7. The lowest BCUT2D eigenvalue weighted by Crippen LogP contribution is -2.34. The summed E-state index contributed by atoms with van der Waals surface area (Å²) in [7, 11) is 0. The van der Waals surface area contributed by atoms with Crippen LogP contribution in [0.4, 0.5) is 14.6 Å². The van der Waals surface area contributed by atoms with Crippen LogP contribution in [0.2, 0.25) is 0 Å². The van der Waals surface area contributed by atoms with Crippen LogP contribution in [0.15, 0.2) is 18.2 Å². The van der Waals surface area contributed by atoms with Gasteiger partial charge in [-0.15, -0.1) is 0 Å². The van der Waals surface area contributed by atoms with E-state index in [2.05, 4.69) is 20.2 Å². The quantitative estimate of drug-likeness (QED) is 0.805. The summed E-state index contributed by atoms with van der Waals surface area (Å²) in [6.07, 6.45) is 1.39. The maximum atomic E-state index is 13.7. The minimum Gasteiger partial charge on any atom is -0.363 e. The average Bonchev–Trinajstić information content (AvgIpc) is 3.07. The van der Waals surface area contributed by atoms with Gasteiger partial charge in [-0.1, -0.05) is 6.07 Å². The van der Waals surface area contributed by atoms with Crippen molar-refractivity contribution in [3.8, 4) is 0 Å². The number of benzene rings is 1. The van der Waals surface area contributed by atoms with E-state index in [-0.39, 0.29) is 11.9 Å². The van der Waals surface area contributed by atoms with E-state index in [0.29, 0.717) is 18.5 Å². The van der Waals surface area contributed by atoms with Crippen LogP contribution in [0.3, 0.4) is 0 Å². The molecule has 1 atom stereocenters. The number of rotatable bonds is 6. The molecule has 1 aliphatic rings. The zero-order chi connectivity index (χ0) is 19.6. The van der Waals surface area contributed by atoms with Gasteiger partial charge in [-0.25, -0.2) is 18.7 Å². The van der Waals surface area contributed by atoms with Crippen molar-refractivity contribution in [3.05, 3.63) is 52.5 Å². The van der Waals surface area contributed by atoms with Crippen LogP contribution in [0.25, 0.3) is 0 Å². The molecule has 0 aliphatic carbocycles. The van der Waals surface area contributed by atoms with Crippen molar-refractivity contribution >= 4 is 11.7 Å². The van der Waals surface area contributed by atoms with E-state index in [1.54, 1.807) is 0 Å². The molecule has 8 heteroatoms. The minimum atomic E-state index is -0.644. The number of hydrogen-bond donors (Lipinski definition) is 2. The topological polar surface area (TPSA) is 84.1 Å². The molecule has 3 rings (SSSR count). The third-order valence-electron chi connectivity index (χ3n) is 4.91. The van der Waals surface area contributed by atoms with Gasteiger partial charge in [0.2, 0.25) is 5.82 Å². The van der Waals surface area contributed by atoms with Gasteiger partial charge in [-0.2, -0.15) is 0 Å². The fourth-order valence-corrected chi connectivity index (χ4v) is 3.29. The second kappa shape index (κ2) is 7.96. The Morgan fingerprint density at radius 2 is 2.11 bits per heavy atom. The highest BCUT2D eigenvalue weighted by Gasteiger charge is 2.26. The van der Waals surface area contributed by atoms with Crippen molar-refractivity contribution < 1.29 is 13.6 Å². The Kier molecular flexibility index (Phi) is 5.65. The first-order chi connectivity index (χ1) is 12.8. The van der Waals surface area contributed by atoms with Crippen LogP contribution in [0.5, 0.6) is 0 Å². The van der Waals surface area contributed by atoms with E-state index in [1.165, 1.54) is 12.1 Å². The predicted molar refractivity (Wildman–Crippen MR) is 98.7 cm³/mol. The minimum absolute atomic E-state index is 0.0243. The lowest BCUT2D eigenvalue weighted by Gasteiger charge is -2.21. The van der Waals surface area contributed by atoms with E-state index in [9.17, 15) is 13.6 Å². The Labute approximate surface area is 156 Å². The molecule has 1 amide bonds. The van der Waals surface area contributed by atoms with Crippen LogP contribution in [-0.2, 0) is 6.42 Å². The first kappa shape index (κ1) is 19.2. The van der Waals surface area contributed by atoms with Crippen LogP contribution in [0, 0.1) is 25.5 Å². The SMILES string of the molecule is Cc1nc(C(N)=O)nc(N2CC[C@@H](NCCc3ccc(F)cc3F)C2)c1C. The highest BCUT2D eigenvalue weighted by Crippen LogP contribution is 2.24. The third kappa shape index (κ3) is 4.39. The Morgan fingerprint density at radius 3 is 2.81 bits per heavy atom. The Hall–Kier alpha value is -2.61. The fraction of sp³-hybridized carbons (Fsp3) is 0.421. The molecule has 1 aliphatic heterocycles. The second-order valence-corrected chi connectivity index (χ2v) is 6.82. The number of amides is 1. The first-order valence-corrected chi connectivity index (χ1v) is 8.92. The smallest absolute Gasteiger partial charge is 0.286 e. The van der Waals surface area contributed by atoms with Gasteiger partial charge in [0.1, 0.15) is 17.5 Å². The molecule has 1 fully saturated rings. The monoisotopic (exact) mass is 375 g/mol. The molecule has 27 heavy (non-hydrogen) atoms. The number of nitrogens with two attached hydrogens (primary N) is 1. The first-order valence-electron chi connectivity index (χ1n) is 8.92. The average molecular weight is 375 g/mol. The number of anilines is 1. The van der Waals surface area contributed by atoms with Gasteiger partial charge in [0.15, 0.2) is 0 Å². The molecular weight excluding hydrogens is 352 g/mol. The summed E-state index contributed by atoms with van der Waals surface area (Å²) in [4.78, 5) is 22.0. The van der Waals surface area contributed by atoms with Crippen molar-refractivity contribution in [2.45, 2.75) is 32.7 Å². The van der Waals surface area contributed by atoms with Gasteiger partial charge in [-0.05, 0) is 44.9 Å². The third-order valence-corrected chi connectivity index (χ3v) is 4.91. The molecule has 2 heterocycles. The number of carbonyl (C=O) groups is 1. The van der Waals surface area contributed by atoms with Crippen LogP contribution >= 0.6 is 0 Å². The Balaban J connectivity index is 1.60. The van der Waals surface area contributed by atoms with Gasteiger partial charge in [0, 0.05) is 36.5 Å². The van der Waals surface area contributed by atoms with Crippen LogP contribution in [0.1, 0.15) is 33.9 Å². The van der Waals surface area contributed by atoms with E-state index in [1.807, 2.05) is 13.8 Å². The standard InChI is InChI=1S/C19H23F2N5O/c1-11-12(2)24-18(17(22)27)25-19(11)26-8-6-15(10-26)23-7-5-13-3-4-14(20)9-16(13)21/h3-4,9,15,23H,5-8,10H2,1-2H3,(H2,22,27)/t15-/m1/s1. The van der Waals surface area contributed by atoms with E-state index in [4.69, 9.17) is 5.73 Å². The number of nitrogens with zero attached hydrogens (tertiary/aromatic N) is 3. The number of aryl methyl sites for hydroxylation is 1. The maximum absolute atomic E-state index is 13.7. The van der Waals surface area contributed by atoms with Crippen molar-refractivity contribution in [1.82, 2.24) is 15.3 Å². The number of halogens is 2. The van der Waals surface area contributed by atoms with Gasteiger partial charge < -0.3 is 16.0 Å². The highest BCUT2D eigenvalue weighted by molar-refractivity contribution is 5.89. The van der Waals surface area contributed by atoms with Crippen LogP contribution < -0.4 is 16.0 Å². The Morgan fingerprint density at radius 1 is 1.33 bits per heavy atom. The zero-order valence-electron chi connectivity index (χ0n) is 15.4. The summed E-state index contributed by atoms with van der Waals surface area (Å²) in [5, 5.41) is 3.41. The summed E-state index contributed by atoms with van der Waals surface area (Å²) in [6, 6.07) is 3.88. The lowest BCUT2D eigenvalue weighted by molar-refractivity contribution is 0.0990. The highest BCUT2D eigenvalue weighted by atomic mass is 19.1. The van der Waals surface area contributed by atoms with Crippen molar-refractivity contribution in [3.63, 3.8) is 0 Å². The molecule has 2 aromatic rings.